The van der Waals surface area contributed by atoms with Crippen molar-refractivity contribution in [2.45, 2.75) is 32.2 Å². The van der Waals surface area contributed by atoms with Crippen molar-refractivity contribution >= 4 is 11.8 Å². The Hall–Kier alpha value is -2.76. The molecule has 0 heterocycles. The minimum Gasteiger partial charge on any atom is -0.348 e. The first-order valence-corrected chi connectivity index (χ1v) is 9.01. The Morgan fingerprint density at radius 1 is 1.00 bits per heavy atom. The third-order valence-corrected chi connectivity index (χ3v) is 4.14. The average Bonchev–Trinajstić information content (AvgIpc) is 2.70. The van der Waals surface area contributed by atoms with Crippen LogP contribution in [0.2, 0.25) is 0 Å². The van der Waals surface area contributed by atoms with Crippen LogP contribution in [-0.4, -0.2) is 36.2 Å². The van der Waals surface area contributed by atoms with Crippen LogP contribution >= 0.6 is 0 Å². The highest BCUT2D eigenvalue weighted by molar-refractivity contribution is 5.97. The fraction of sp³-hybridized carbons (Fsp3) is 0.333. The quantitative estimate of drug-likeness (QED) is 0.720. The van der Waals surface area contributed by atoms with Crippen LogP contribution in [0.25, 0.3) is 0 Å². The van der Waals surface area contributed by atoms with Gasteiger partial charge in [-0.05, 0) is 24.1 Å². The monoisotopic (exact) mass is 374 g/mol. The largest absolute Gasteiger partial charge is 0.348 e. The fourth-order valence-electron chi connectivity index (χ4n) is 2.81. The average molecular weight is 374 g/mol. The second kappa shape index (κ2) is 10.4. The lowest BCUT2D eigenvalue weighted by molar-refractivity contribution is -0.126. The molecule has 0 aromatic heterocycles. The van der Waals surface area contributed by atoms with Gasteiger partial charge < -0.3 is 10.2 Å². The summed E-state index contributed by atoms with van der Waals surface area (Å²) in [6.07, 6.45) is -1.12. The summed E-state index contributed by atoms with van der Waals surface area (Å²) in [5.41, 5.74) is 1.04. The normalized spacial score (nSPS) is 11.9. The number of amides is 2. The van der Waals surface area contributed by atoms with Crippen LogP contribution in [-0.2, 0) is 4.79 Å². The molecule has 144 valence electrons. The van der Waals surface area contributed by atoms with Crippen molar-refractivity contribution in [3.8, 4) is 0 Å². The van der Waals surface area contributed by atoms with Gasteiger partial charge in [-0.3, -0.25) is 9.59 Å². The number of carbonyl (C=O) groups excluding carboxylic acids is 2. The summed E-state index contributed by atoms with van der Waals surface area (Å²) < 4.78 is 25.2. The molecule has 0 spiro atoms. The number of carbonyl (C=O) groups is 2. The molecule has 0 aliphatic carbocycles. The van der Waals surface area contributed by atoms with Gasteiger partial charge in [0.05, 0.1) is 6.54 Å². The molecule has 6 heteroatoms. The number of rotatable bonds is 9. The lowest BCUT2D eigenvalue weighted by Crippen LogP contribution is -2.45. The van der Waals surface area contributed by atoms with Crippen molar-refractivity contribution in [1.82, 2.24) is 10.2 Å². The number of benzene rings is 2. The maximum atomic E-state index is 13.1. The fourth-order valence-corrected chi connectivity index (χ4v) is 2.81. The number of hydrogen-bond acceptors (Lipinski definition) is 2. The number of hydrogen-bond donors (Lipinski definition) is 1. The second-order valence-corrected chi connectivity index (χ2v) is 6.17. The summed E-state index contributed by atoms with van der Waals surface area (Å²) in [5.74, 6) is -0.910. The van der Waals surface area contributed by atoms with E-state index in [1.165, 1.54) is 4.90 Å². The van der Waals surface area contributed by atoms with Crippen LogP contribution in [0, 0.1) is 0 Å². The van der Waals surface area contributed by atoms with E-state index < -0.39 is 24.9 Å². The Balaban J connectivity index is 2.39. The molecule has 2 aromatic carbocycles. The zero-order valence-corrected chi connectivity index (χ0v) is 15.3. The number of alkyl halides is 2. The van der Waals surface area contributed by atoms with E-state index in [1.54, 1.807) is 60.7 Å². The van der Waals surface area contributed by atoms with E-state index in [4.69, 9.17) is 0 Å². The van der Waals surface area contributed by atoms with Gasteiger partial charge in [-0.1, -0.05) is 61.9 Å². The van der Waals surface area contributed by atoms with Gasteiger partial charge in [0, 0.05) is 12.1 Å². The van der Waals surface area contributed by atoms with Crippen molar-refractivity contribution < 1.29 is 18.4 Å². The molecular weight excluding hydrogens is 350 g/mol. The molecule has 1 atom stereocenters. The van der Waals surface area contributed by atoms with Gasteiger partial charge >= 0.3 is 0 Å². The lowest BCUT2D eigenvalue weighted by atomic mass is 10.0. The third kappa shape index (κ3) is 5.88. The lowest BCUT2D eigenvalue weighted by Gasteiger charge is -2.31. The number of nitrogens with zero attached hydrogens (tertiary/aromatic N) is 1. The highest BCUT2D eigenvalue weighted by Crippen LogP contribution is 2.24. The Kier molecular flexibility index (Phi) is 7.92. The van der Waals surface area contributed by atoms with Gasteiger partial charge in [0.1, 0.15) is 6.04 Å². The molecule has 4 nitrogen and oxygen atoms in total. The van der Waals surface area contributed by atoms with Gasteiger partial charge in [0.2, 0.25) is 5.91 Å². The molecule has 1 N–H and O–H groups in total. The zero-order valence-electron chi connectivity index (χ0n) is 15.3. The van der Waals surface area contributed by atoms with Crippen molar-refractivity contribution in [2.75, 3.05) is 13.1 Å². The first-order valence-electron chi connectivity index (χ1n) is 9.01. The Morgan fingerprint density at radius 2 is 1.59 bits per heavy atom. The highest BCUT2D eigenvalue weighted by Gasteiger charge is 2.31. The van der Waals surface area contributed by atoms with E-state index in [0.29, 0.717) is 24.1 Å². The van der Waals surface area contributed by atoms with Gasteiger partial charge in [-0.2, -0.15) is 0 Å². The third-order valence-electron chi connectivity index (χ3n) is 4.14. The summed E-state index contributed by atoms with van der Waals surface area (Å²) in [7, 11) is 0. The van der Waals surface area contributed by atoms with Crippen LogP contribution in [0.5, 0.6) is 0 Å². The molecule has 0 aliphatic rings. The van der Waals surface area contributed by atoms with Crippen LogP contribution in [0.15, 0.2) is 60.7 Å². The van der Waals surface area contributed by atoms with E-state index in [-0.39, 0.29) is 5.91 Å². The van der Waals surface area contributed by atoms with Gasteiger partial charge in [-0.25, -0.2) is 8.78 Å². The number of unbranched alkanes of at least 4 members (excludes halogenated alkanes) is 1. The van der Waals surface area contributed by atoms with Gasteiger partial charge in [0.25, 0.3) is 12.3 Å². The molecule has 0 aliphatic heterocycles. The SMILES string of the molecule is CCCCN(C(=O)c1ccccc1)C(C(=O)NCC(F)F)c1ccccc1. The zero-order chi connectivity index (χ0) is 19.6. The number of halogens is 2. The standard InChI is InChI=1S/C21H24F2N2O2/c1-2-3-14-25(21(27)17-12-8-5-9-13-17)19(16-10-6-4-7-11-16)20(26)24-15-18(22)23/h4-13,18-19H,2-3,14-15H2,1H3,(H,24,26). The highest BCUT2D eigenvalue weighted by atomic mass is 19.3. The Labute approximate surface area is 158 Å². The van der Waals surface area contributed by atoms with E-state index in [2.05, 4.69) is 5.32 Å². The van der Waals surface area contributed by atoms with Crippen LogP contribution in [0.1, 0.15) is 41.7 Å². The molecule has 0 saturated carbocycles. The van der Waals surface area contributed by atoms with Crippen molar-refractivity contribution in [3.63, 3.8) is 0 Å². The molecule has 0 bridgehead atoms. The molecule has 2 rings (SSSR count). The molecule has 0 radical (unpaired) electrons. The minimum atomic E-state index is -2.65. The molecule has 2 aromatic rings. The maximum Gasteiger partial charge on any atom is 0.255 e. The van der Waals surface area contributed by atoms with Crippen molar-refractivity contribution in [3.05, 3.63) is 71.8 Å². The molecular formula is C21H24F2N2O2. The van der Waals surface area contributed by atoms with Gasteiger partial charge in [0.15, 0.2) is 0 Å². The van der Waals surface area contributed by atoms with Crippen LogP contribution in [0.4, 0.5) is 8.78 Å². The summed E-state index contributed by atoms with van der Waals surface area (Å²) in [6.45, 7) is 1.59. The summed E-state index contributed by atoms with van der Waals surface area (Å²) >= 11 is 0. The van der Waals surface area contributed by atoms with E-state index in [9.17, 15) is 18.4 Å². The topological polar surface area (TPSA) is 49.4 Å². The molecule has 0 saturated heterocycles. The van der Waals surface area contributed by atoms with Crippen LogP contribution in [0.3, 0.4) is 0 Å². The maximum absolute atomic E-state index is 13.1. The first kappa shape index (κ1) is 20.6. The molecule has 0 fully saturated rings. The van der Waals surface area contributed by atoms with Crippen LogP contribution < -0.4 is 5.32 Å². The Bertz CT molecular complexity index is 723. The minimum absolute atomic E-state index is 0.301. The summed E-state index contributed by atoms with van der Waals surface area (Å²) in [5, 5.41) is 2.26. The first-order chi connectivity index (χ1) is 13.0. The van der Waals surface area contributed by atoms with E-state index in [1.807, 2.05) is 6.92 Å². The summed E-state index contributed by atoms with van der Waals surface area (Å²) in [6, 6.07) is 16.5. The number of nitrogens with one attached hydrogen (secondary N) is 1. The molecule has 27 heavy (non-hydrogen) atoms. The molecule has 2 amide bonds. The smallest absolute Gasteiger partial charge is 0.255 e. The second-order valence-electron chi connectivity index (χ2n) is 6.17. The van der Waals surface area contributed by atoms with Gasteiger partial charge in [-0.15, -0.1) is 0 Å². The van der Waals surface area contributed by atoms with Crippen molar-refractivity contribution in [1.29, 1.82) is 0 Å². The molecule has 1 unspecified atom stereocenters. The summed E-state index contributed by atoms with van der Waals surface area (Å²) in [4.78, 5) is 27.3. The predicted octanol–water partition coefficient (Wildman–Crippen LogP) is 4.05. The van der Waals surface area contributed by atoms with E-state index >= 15 is 0 Å². The Morgan fingerprint density at radius 3 is 2.15 bits per heavy atom. The van der Waals surface area contributed by atoms with E-state index in [0.717, 1.165) is 6.42 Å². The van der Waals surface area contributed by atoms with Crippen molar-refractivity contribution in [2.24, 2.45) is 0 Å². The predicted molar refractivity (Wildman–Crippen MR) is 101 cm³/mol.